The molecule has 0 saturated carbocycles. The van der Waals surface area contributed by atoms with Crippen LogP contribution in [0.5, 0.6) is 5.75 Å². The first kappa shape index (κ1) is 11.9. The van der Waals surface area contributed by atoms with E-state index < -0.39 is 10.9 Å². The van der Waals surface area contributed by atoms with Crippen molar-refractivity contribution in [3.8, 4) is 11.8 Å². The summed E-state index contributed by atoms with van der Waals surface area (Å²) < 4.78 is 5.08. The number of anilines is 2. The number of rotatable bonds is 4. The second-order valence-electron chi connectivity index (χ2n) is 3.61. The van der Waals surface area contributed by atoms with E-state index in [2.05, 4.69) is 5.32 Å². The highest BCUT2D eigenvalue weighted by Gasteiger charge is 2.22. The molecule has 0 atom stereocenters. The zero-order valence-electron chi connectivity index (χ0n) is 9.69. The molecule has 0 bridgehead atoms. The highest BCUT2D eigenvalue weighted by molar-refractivity contribution is 5.70. The van der Waals surface area contributed by atoms with E-state index in [0.29, 0.717) is 17.9 Å². The maximum absolute atomic E-state index is 11.4. The minimum Gasteiger partial charge on any atom is -0.488 e. The van der Waals surface area contributed by atoms with Gasteiger partial charge in [0, 0.05) is 5.69 Å². The SMILES string of the molecule is CCOc1c(Nc2ccc(C#N)cc2)c(=O)c1=O. The molecule has 0 spiro atoms. The summed E-state index contributed by atoms with van der Waals surface area (Å²) >= 11 is 0. The summed E-state index contributed by atoms with van der Waals surface area (Å²) in [5, 5.41) is 11.5. The Morgan fingerprint density at radius 1 is 1.22 bits per heavy atom. The van der Waals surface area contributed by atoms with Gasteiger partial charge in [-0.3, -0.25) is 9.59 Å². The monoisotopic (exact) mass is 242 g/mol. The van der Waals surface area contributed by atoms with E-state index in [4.69, 9.17) is 10.00 Å². The Morgan fingerprint density at radius 2 is 1.89 bits per heavy atom. The van der Waals surface area contributed by atoms with Crippen LogP contribution in [0.15, 0.2) is 33.9 Å². The third-order valence-corrected chi connectivity index (χ3v) is 2.44. The molecule has 0 radical (unpaired) electrons. The number of ether oxygens (including phenoxy) is 1. The van der Waals surface area contributed by atoms with Gasteiger partial charge in [-0.25, -0.2) is 0 Å². The van der Waals surface area contributed by atoms with Gasteiger partial charge in [0.2, 0.25) is 0 Å². The van der Waals surface area contributed by atoms with Crippen LogP contribution < -0.4 is 20.9 Å². The molecule has 5 nitrogen and oxygen atoms in total. The van der Waals surface area contributed by atoms with Crippen LogP contribution in [0, 0.1) is 11.3 Å². The molecule has 0 fully saturated rings. The molecule has 2 aromatic rings. The second kappa shape index (κ2) is 4.72. The van der Waals surface area contributed by atoms with Crippen molar-refractivity contribution in [1.82, 2.24) is 0 Å². The van der Waals surface area contributed by atoms with Gasteiger partial charge in [0.1, 0.15) is 5.69 Å². The van der Waals surface area contributed by atoms with Crippen LogP contribution in [0.4, 0.5) is 11.4 Å². The van der Waals surface area contributed by atoms with Crippen molar-refractivity contribution in [2.45, 2.75) is 6.92 Å². The number of nitrogens with zero attached hydrogens (tertiary/aromatic N) is 1. The van der Waals surface area contributed by atoms with Gasteiger partial charge in [0.15, 0.2) is 5.75 Å². The molecule has 0 aromatic heterocycles. The molecule has 0 saturated heterocycles. The van der Waals surface area contributed by atoms with Gasteiger partial charge in [-0.2, -0.15) is 5.26 Å². The van der Waals surface area contributed by atoms with Crippen LogP contribution in [-0.4, -0.2) is 6.61 Å². The van der Waals surface area contributed by atoms with Crippen molar-refractivity contribution >= 4 is 11.4 Å². The summed E-state index contributed by atoms with van der Waals surface area (Å²) in [6.45, 7) is 2.06. The molecule has 0 aliphatic carbocycles. The molecule has 2 aromatic carbocycles. The quantitative estimate of drug-likeness (QED) is 0.817. The molecule has 5 heteroatoms. The molecular weight excluding hydrogens is 232 g/mol. The van der Waals surface area contributed by atoms with Crippen LogP contribution >= 0.6 is 0 Å². The lowest BCUT2D eigenvalue weighted by molar-refractivity contribution is 0.335. The maximum atomic E-state index is 11.4. The van der Waals surface area contributed by atoms with Gasteiger partial charge in [-0.1, -0.05) is 0 Å². The molecule has 1 N–H and O–H groups in total. The lowest BCUT2D eigenvalue weighted by Gasteiger charge is -2.12. The molecule has 0 heterocycles. The van der Waals surface area contributed by atoms with Crippen molar-refractivity contribution in [3.63, 3.8) is 0 Å². The zero-order valence-corrected chi connectivity index (χ0v) is 9.69. The summed E-state index contributed by atoms with van der Waals surface area (Å²) in [6, 6.07) is 8.55. The first-order valence-electron chi connectivity index (χ1n) is 5.40. The minimum atomic E-state index is -0.604. The van der Waals surface area contributed by atoms with E-state index in [1.807, 2.05) is 6.07 Å². The predicted molar refractivity (Wildman–Crippen MR) is 67.0 cm³/mol. The van der Waals surface area contributed by atoms with Crippen molar-refractivity contribution in [3.05, 3.63) is 50.3 Å². The first-order valence-corrected chi connectivity index (χ1v) is 5.40. The molecule has 0 unspecified atom stereocenters. The predicted octanol–water partition coefficient (Wildman–Crippen LogP) is 1.30. The number of nitrogens with one attached hydrogen (secondary N) is 1. The highest BCUT2D eigenvalue weighted by Crippen LogP contribution is 2.22. The fourth-order valence-electron chi connectivity index (χ4n) is 1.54. The fourth-order valence-corrected chi connectivity index (χ4v) is 1.54. The van der Waals surface area contributed by atoms with E-state index in [1.54, 1.807) is 31.2 Å². The van der Waals surface area contributed by atoms with Crippen LogP contribution in [0.3, 0.4) is 0 Å². The Hall–Kier alpha value is -2.61. The van der Waals surface area contributed by atoms with E-state index in [0.717, 1.165) is 0 Å². The third kappa shape index (κ3) is 1.96. The Morgan fingerprint density at radius 3 is 2.44 bits per heavy atom. The zero-order chi connectivity index (χ0) is 13.1. The average molecular weight is 242 g/mol. The van der Waals surface area contributed by atoms with Crippen molar-refractivity contribution in [2.75, 3.05) is 11.9 Å². The van der Waals surface area contributed by atoms with E-state index in [-0.39, 0.29) is 11.4 Å². The summed E-state index contributed by atoms with van der Waals surface area (Å²) in [5.74, 6) is 0.0758. The molecular formula is C13H10N2O3. The fraction of sp³-hybridized carbons (Fsp3) is 0.154. The third-order valence-electron chi connectivity index (χ3n) is 2.44. The summed E-state index contributed by atoms with van der Waals surface area (Å²) in [7, 11) is 0. The van der Waals surface area contributed by atoms with Gasteiger partial charge in [-0.15, -0.1) is 0 Å². The lowest BCUT2D eigenvalue weighted by Crippen LogP contribution is -2.35. The van der Waals surface area contributed by atoms with Gasteiger partial charge in [0.25, 0.3) is 10.9 Å². The van der Waals surface area contributed by atoms with Crippen LogP contribution in [0.2, 0.25) is 0 Å². The topological polar surface area (TPSA) is 79.2 Å². The van der Waals surface area contributed by atoms with Gasteiger partial charge >= 0.3 is 0 Å². The Bertz CT molecular complexity index is 674. The van der Waals surface area contributed by atoms with Crippen LogP contribution in [0.25, 0.3) is 0 Å². The molecule has 90 valence electrons. The number of hydrogen-bond acceptors (Lipinski definition) is 5. The number of hydrogen-bond donors (Lipinski definition) is 1. The maximum Gasteiger partial charge on any atom is 0.272 e. The van der Waals surface area contributed by atoms with Crippen LogP contribution in [-0.2, 0) is 0 Å². The average Bonchev–Trinajstić information content (AvgIpc) is 2.43. The summed E-state index contributed by atoms with van der Waals surface area (Å²) in [6.07, 6.45) is 0. The summed E-state index contributed by atoms with van der Waals surface area (Å²) in [4.78, 5) is 22.6. The minimum absolute atomic E-state index is 0.0758. The lowest BCUT2D eigenvalue weighted by atomic mass is 10.2. The first-order chi connectivity index (χ1) is 8.67. The van der Waals surface area contributed by atoms with Gasteiger partial charge in [0.05, 0.1) is 18.2 Å². The normalized spacial score (nSPS) is 10.0. The number of benzene rings is 1. The molecule has 2 rings (SSSR count). The van der Waals surface area contributed by atoms with Crippen molar-refractivity contribution in [2.24, 2.45) is 0 Å². The van der Waals surface area contributed by atoms with Crippen molar-refractivity contribution in [1.29, 1.82) is 5.26 Å². The Kier molecular flexibility index (Phi) is 3.11. The van der Waals surface area contributed by atoms with Gasteiger partial charge in [-0.05, 0) is 31.2 Å². The van der Waals surface area contributed by atoms with Crippen LogP contribution in [0.1, 0.15) is 12.5 Å². The number of nitriles is 1. The smallest absolute Gasteiger partial charge is 0.272 e. The Balaban J connectivity index is 2.24. The van der Waals surface area contributed by atoms with Crippen molar-refractivity contribution < 1.29 is 4.74 Å². The van der Waals surface area contributed by atoms with E-state index >= 15 is 0 Å². The molecule has 0 aliphatic rings. The molecule has 0 amide bonds. The highest BCUT2D eigenvalue weighted by atomic mass is 16.5. The van der Waals surface area contributed by atoms with E-state index in [1.165, 1.54) is 0 Å². The largest absolute Gasteiger partial charge is 0.488 e. The standard InChI is InChI=1S/C13H10N2O3/c1-2-18-13-10(11(16)12(13)17)15-9-5-3-8(7-14)4-6-9/h3-6,15H,2H2,1H3. The van der Waals surface area contributed by atoms with Gasteiger partial charge < -0.3 is 10.1 Å². The second-order valence-corrected chi connectivity index (χ2v) is 3.61. The summed E-state index contributed by atoms with van der Waals surface area (Å²) in [5.41, 5.74) is 0.139. The van der Waals surface area contributed by atoms with E-state index in [9.17, 15) is 9.59 Å². The molecule has 18 heavy (non-hydrogen) atoms. The molecule has 0 aliphatic heterocycles. The Labute approximate surface area is 103 Å².